The van der Waals surface area contributed by atoms with Crippen LogP contribution in [0.1, 0.15) is 20.3 Å². The molecular weight excluding hydrogens is 180 g/mol. The van der Waals surface area contributed by atoms with Crippen LogP contribution < -0.4 is 0 Å². The Morgan fingerprint density at radius 3 is 2.57 bits per heavy atom. The van der Waals surface area contributed by atoms with Gasteiger partial charge in [0.1, 0.15) is 0 Å². The van der Waals surface area contributed by atoms with E-state index in [2.05, 4.69) is 0 Å². The molecular formula is C10H20N2O2. The number of nitrogens with zero attached hydrogens (tertiary/aromatic N) is 2. The fourth-order valence-electron chi connectivity index (χ4n) is 1.82. The van der Waals surface area contributed by atoms with Crippen molar-refractivity contribution in [1.82, 2.24) is 9.80 Å². The Morgan fingerprint density at radius 2 is 2.14 bits per heavy atom. The van der Waals surface area contributed by atoms with Gasteiger partial charge in [-0.25, -0.2) is 0 Å². The Balaban J connectivity index is 2.32. The summed E-state index contributed by atoms with van der Waals surface area (Å²) in [5, 5.41) is 9.30. The fraction of sp³-hybridized carbons (Fsp3) is 0.900. The van der Waals surface area contributed by atoms with E-state index in [4.69, 9.17) is 0 Å². The van der Waals surface area contributed by atoms with Crippen LogP contribution in [0.2, 0.25) is 0 Å². The Hall–Kier alpha value is -0.610. The summed E-state index contributed by atoms with van der Waals surface area (Å²) in [5.41, 5.74) is 0. The zero-order chi connectivity index (χ0) is 10.6. The van der Waals surface area contributed by atoms with Gasteiger partial charge < -0.3 is 10.0 Å². The van der Waals surface area contributed by atoms with Crippen LogP contribution in [0.15, 0.2) is 0 Å². The lowest BCUT2D eigenvalue weighted by Gasteiger charge is -2.22. The van der Waals surface area contributed by atoms with Gasteiger partial charge in [0.05, 0.1) is 12.6 Å². The number of amides is 1. The first kappa shape index (κ1) is 11.5. The highest BCUT2D eigenvalue weighted by atomic mass is 16.3. The van der Waals surface area contributed by atoms with E-state index in [0.29, 0.717) is 13.1 Å². The molecule has 82 valence electrons. The molecule has 1 saturated heterocycles. The van der Waals surface area contributed by atoms with E-state index in [9.17, 15) is 9.90 Å². The van der Waals surface area contributed by atoms with Gasteiger partial charge in [-0.3, -0.25) is 9.69 Å². The highest BCUT2D eigenvalue weighted by Crippen LogP contribution is 2.08. The first-order chi connectivity index (χ1) is 6.67. The zero-order valence-corrected chi connectivity index (χ0v) is 9.07. The van der Waals surface area contributed by atoms with Crippen molar-refractivity contribution in [3.8, 4) is 0 Å². The molecule has 1 atom stereocenters. The van der Waals surface area contributed by atoms with E-state index in [1.54, 1.807) is 0 Å². The highest BCUT2D eigenvalue weighted by Gasteiger charge is 2.23. The summed E-state index contributed by atoms with van der Waals surface area (Å²) in [6.45, 7) is 7.46. The SMILES string of the molecule is CCN(CC)C(=O)CN1CC[C@H](O)C1. The molecule has 0 radical (unpaired) electrons. The Morgan fingerprint density at radius 1 is 1.50 bits per heavy atom. The Labute approximate surface area is 85.5 Å². The van der Waals surface area contributed by atoms with Crippen molar-refractivity contribution < 1.29 is 9.90 Å². The second-order valence-electron chi connectivity index (χ2n) is 3.74. The first-order valence-corrected chi connectivity index (χ1v) is 5.35. The number of hydrogen-bond acceptors (Lipinski definition) is 3. The van der Waals surface area contributed by atoms with E-state index in [-0.39, 0.29) is 12.0 Å². The van der Waals surface area contributed by atoms with Gasteiger partial charge >= 0.3 is 0 Å². The number of likely N-dealkylation sites (N-methyl/N-ethyl adjacent to an activating group) is 1. The molecule has 0 unspecified atom stereocenters. The molecule has 0 aromatic rings. The van der Waals surface area contributed by atoms with Gasteiger partial charge in [0, 0.05) is 26.2 Å². The van der Waals surface area contributed by atoms with E-state index in [0.717, 1.165) is 26.1 Å². The van der Waals surface area contributed by atoms with Gasteiger partial charge in [-0.2, -0.15) is 0 Å². The minimum atomic E-state index is -0.237. The maximum atomic E-state index is 11.7. The monoisotopic (exact) mass is 200 g/mol. The molecule has 4 nitrogen and oxygen atoms in total. The zero-order valence-electron chi connectivity index (χ0n) is 9.07. The van der Waals surface area contributed by atoms with Crippen molar-refractivity contribution in [2.75, 3.05) is 32.7 Å². The average Bonchev–Trinajstić information content (AvgIpc) is 2.53. The summed E-state index contributed by atoms with van der Waals surface area (Å²) in [6.07, 6.45) is 0.561. The summed E-state index contributed by atoms with van der Waals surface area (Å²) >= 11 is 0. The molecule has 14 heavy (non-hydrogen) atoms. The second-order valence-corrected chi connectivity index (χ2v) is 3.74. The normalized spacial score (nSPS) is 22.6. The largest absolute Gasteiger partial charge is 0.392 e. The van der Waals surface area contributed by atoms with Crippen LogP contribution in [0, 0.1) is 0 Å². The number of likely N-dealkylation sites (tertiary alicyclic amines) is 1. The number of β-amino-alcohol motifs (C(OH)–C–C–N with tert-alkyl or cyclic N) is 1. The molecule has 4 heteroatoms. The van der Waals surface area contributed by atoms with Crippen LogP contribution in [-0.2, 0) is 4.79 Å². The molecule has 1 heterocycles. The maximum absolute atomic E-state index is 11.7. The third kappa shape index (κ3) is 2.96. The van der Waals surface area contributed by atoms with Gasteiger partial charge in [0.15, 0.2) is 0 Å². The lowest BCUT2D eigenvalue weighted by atomic mass is 10.3. The average molecular weight is 200 g/mol. The van der Waals surface area contributed by atoms with Crippen LogP contribution >= 0.6 is 0 Å². The third-order valence-electron chi connectivity index (χ3n) is 2.72. The summed E-state index contributed by atoms with van der Waals surface area (Å²) in [7, 11) is 0. The van der Waals surface area contributed by atoms with Crippen LogP contribution in [-0.4, -0.2) is 59.6 Å². The summed E-state index contributed by atoms with van der Waals surface area (Å²) in [6, 6.07) is 0. The van der Waals surface area contributed by atoms with Gasteiger partial charge in [-0.1, -0.05) is 0 Å². The predicted octanol–water partition coefficient (Wildman–Crippen LogP) is -0.0786. The van der Waals surface area contributed by atoms with Crippen molar-refractivity contribution in [2.45, 2.75) is 26.4 Å². The standard InChI is InChI=1S/C10H20N2O2/c1-3-12(4-2)10(14)8-11-6-5-9(13)7-11/h9,13H,3-8H2,1-2H3/t9-/m0/s1. The van der Waals surface area contributed by atoms with E-state index in [1.807, 2.05) is 23.6 Å². The topological polar surface area (TPSA) is 43.8 Å². The second kappa shape index (κ2) is 5.32. The first-order valence-electron chi connectivity index (χ1n) is 5.35. The van der Waals surface area contributed by atoms with Crippen molar-refractivity contribution >= 4 is 5.91 Å². The lowest BCUT2D eigenvalue weighted by molar-refractivity contribution is -0.131. The van der Waals surface area contributed by atoms with Crippen LogP contribution in [0.4, 0.5) is 0 Å². The summed E-state index contributed by atoms with van der Waals surface area (Å²) < 4.78 is 0. The molecule has 1 aliphatic rings. The molecule has 1 rings (SSSR count). The number of aliphatic hydroxyl groups excluding tert-OH is 1. The van der Waals surface area contributed by atoms with Crippen LogP contribution in [0.5, 0.6) is 0 Å². The van der Waals surface area contributed by atoms with Gasteiger partial charge in [-0.05, 0) is 20.3 Å². The number of rotatable bonds is 4. The highest BCUT2D eigenvalue weighted by molar-refractivity contribution is 5.78. The Kier molecular flexibility index (Phi) is 4.35. The lowest BCUT2D eigenvalue weighted by Crippen LogP contribution is -2.39. The molecule has 0 spiro atoms. The molecule has 1 N–H and O–H groups in total. The third-order valence-corrected chi connectivity index (χ3v) is 2.72. The number of aliphatic hydroxyl groups is 1. The maximum Gasteiger partial charge on any atom is 0.236 e. The van der Waals surface area contributed by atoms with Crippen LogP contribution in [0.3, 0.4) is 0 Å². The van der Waals surface area contributed by atoms with Crippen molar-refractivity contribution in [1.29, 1.82) is 0 Å². The van der Waals surface area contributed by atoms with Crippen molar-refractivity contribution in [2.24, 2.45) is 0 Å². The molecule has 0 aromatic carbocycles. The molecule has 1 fully saturated rings. The smallest absolute Gasteiger partial charge is 0.236 e. The predicted molar refractivity (Wildman–Crippen MR) is 55.0 cm³/mol. The molecule has 0 saturated carbocycles. The van der Waals surface area contributed by atoms with E-state index >= 15 is 0 Å². The Bertz CT molecular complexity index is 193. The molecule has 1 amide bonds. The fourth-order valence-corrected chi connectivity index (χ4v) is 1.82. The molecule has 0 aliphatic carbocycles. The van der Waals surface area contributed by atoms with E-state index < -0.39 is 0 Å². The number of hydrogen-bond donors (Lipinski definition) is 1. The number of carbonyl (C=O) groups excluding carboxylic acids is 1. The summed E-state index contributed by atoms with van der Waals surface area (Å²) in [5.74, 6) is 0.170. The van der Waals surface area contributed by atoms with Gasteiger partial charge in [0.2, 0.25) is 5.91 Å². The van der Waals surface area contributed by atoms with Crippen molar-refractivity contribution in [3.63, 3.8) is 0 Å². The molecule has 1 aliphatic heterocycles. The van der Waals surface area contributed by atoms with Crippen molar-refractivity contribution in [3.05, 3.63) is 0 Å². The van der Waals surface area contributed by atoms with Gasteiger partial charge in [-0.15, -0.1) is 0 Å². The minimum Gasteiger partial charge on any atom is -0.392 e. The number of carbonyl (C=O) groups is 1. The quantitative estimate of drug-likeness (QED) is 0.690. The molecule has 0 bridgehead atoms. The minimum absolute atomic E-state index is 0.170. The summed E-state index contributed by atoms with van der Waals surface area (Å²) in [4.78, 5) is 15.5. The van der Waals surface area contributed by atoms with E-state index in [1.165, 1.54) is 0 Å². The molecule has 0 aromatic heterocycles. The van der Waals surface area contributed by atoms with Crippen LogP contribution in [0.25, 0.3) is 0 Å². The van der Waals surface area contributed by atoms with Gasteiger partial charge in [0.25, 0.3) is 0 Å².